The number of benzene rings is 1. The van der Waals surface area contributed by atoms with Crippen molar-refractivity contribution in [1.29, 1.82) is 0 Å². The molecule has 0 amide bonds. The molecule has 0 aliphatic heterocycles. The second kappa shape index (κ2) is 4.08. The first-order valence-corrected chi connectivity index (χ1v) is 5.96. The molecular weight excluding hydrogens is 200 g/mol. The molecule has 0 fully saturated rings. The van der Waals surface area contributed by atoms with Gasteiger partial charge in [0, 0.05) is 0 Å². The summed E-state index contributed by atoms with van der Waals surface area (Å²) in [5, 5.41) is 0. The normalized spacial score (nSPS) is 12.0. The fourth-order valence-corrected chi connectivity index (χ4v) is 1.95. The van der Waals surface area contributed by atoms with Crippen LogP contribution in [0.2, 0.25) is 0 Å². The van der Waals surface area contributed by atoms with Crippen LogP contribution in [0.4, 0.5) is 0 Å². The van der Waals surface area contributed by atoms with Crippen molar-refractivity contribution in [1.82, 2.24) is 0 Å². The first kappa shape index (κ1) is 11.2. The molecule has 5 heteroatoms. The second-order valence-electron chi connectivity index (χ2n) is 3.00. The summed E-state index contributed by atoms with van der Waals surface area (Å²) in [5.41, 5.74) is 11.6. The highest BCUT2D eigenvalue weighted by atomic mass is 32.2. The van der Waals surface area contributed by atoms with Crippen LogP contribution in [0, 0.1) is 0 Å². The molecule has 0 aliphatic rings. The van der Waals surface area contributed by atoms with Crippen LogP contribution in [0.15, 0.2) is 29.2 Å². The maximum Gasteiger partial charge on any atom is 0.178 e. The molecule has 4 nitrogen and oxygen atoms in total. The monoisotopic (exact) mass is 214 g/mol. The molecule has 0 unspecified atom stereocenters. The third kappa shape index (κ3) is 2.31. The SMILES string of the molecule is CCS(=O)(=O)c1ccc(C(N)N)cc1. The van der Waals surface area contributed by atoms with E-state index < -0.39 is 16.0 Å². The van der Waals surface area contributed by atoms with Gasteiger partial charge in [0.25, 0.3) is 0 Å². The lowest BCUT2D eigenvalue weighted by Gasteiger charge is -2.06. The zero-order chi connectivity index (χ0) is 10.8. The number of hydrogen-bond donors (Lipinski definition) is 2. The van der Waals surface area contributed by atoms with E-state index in [1.165, 1.54) is 12.1 Å². The predicted molar refractivity (Wildman–Crippen MR) is 55.3 cm³/mol. The van der Waals surface area contributed by atoms with Gasteiger partial charge in [-0.25, -0.2) is 8.42 Å². The Morgan fingerprint density at radius 1 is 1.21 bits per heavy atom. The summed E-state index contributed by atoms with van der Waals surface area (Å²) in [5.74, 6) is 0.0982. The van der Waals surface area contributed by atoms with E-state index in [0.29, 0.717) is 4.90 Å². The molecule has 0 atom stereocenters. The number of hydrogen-bond acceptors (Lipinski definition) is 4. The summed E-state index contributed by atoms with van der Waals surface area (Å²) in [6.07, 6.45) is -0.562. The van der Waals surface area contributed by atoms with Crippen molar-refractivity contribution in [3.63, 3.8) is 0 Å². The third-order valence-corrected chi connectivity index (χ3v) is 3.75. The van der Waals surface area contributed by atoms with Gasteiger partial charge in [-0.05, 0) is 17.7 Å². The minimum Gasteiger partial charge on any atom is -0.312 e. The Bertz CT molecular complexity index is 395. The lowest BCUT2D eigenvalue weighted by atomic mass is 10.2. The summed E-state index contributed by atoms with van der Waals surface area (Å²) in [6, 6.07) is 6.32. The van der Waals surface area contributed by atoms with Crippen molar-refractivity contribution in [2.75, 3.05) is 5.75 Å². The van der Waals surface area contributed by atoms with E-state index in [9.17, 15) is 8.42 Å². The molecule has 1 rings (SSSR count). The summed E-state index contributed by atoms with van der Waals surface area (Å²) >= 11 is 0. The Morgan fingerprint density at radius 3 is 2.07 bits per heavy atom. The van der Waals surface area contributed by atoms with Gasteiger partial charge < -0.3 is 11.5 Å². The standard InChI is InChI=1S/C9H14N2O2S/c1-2-14(12,13)8-5-3-7(4-6-8)9(10)11/h3-6,9H,2,10-11H2,1H3. The largest absolute Gasteiger partial charge is 0.312 e. The zero-order valence-electron chi connectivity index (χ0n) is 7.97. The zero-order valence-corrected chi connectivity index (χ0v) is 8.79. The van der Waals surface area contributed by atoms with Crippen molar-refractivity contribution in [3.05, 3.63) is 29.8 Å². The molecular formula is C9H14N2O2S. The summed E-state index contributed by atoms with van der Waals surface area (Å²) < 4.78 is 22.8. The van der Waals surface area contributed by atoms with Gasteiger partial charge in [0.15, 0.2) is 9.84 Å². The summed E-state index contributed by atoms with van der Waals surface area (Å²) in [4.78, 5) is 0.310. The van der Waals surface area contributed by atoms with E-state index in [2.05, 4.69) is 0 Å². The first-order chi connectivity index (χ1) is 6.47. The maximum atomic E-state index is 11.4. The van der Waals surface area contributed by atoms with Crippen molar-refractivity contribution >= 4 is 9.84 Å². The highest BCUT2D eigenvalue weighted by molar-refractivity contribution is 7.91. The van der Waals surface area contributed by atoms with Crippen LogP contribution in [-0.4, -0.2) is 14.2 Å². The number of sulfone groups is 1. The molecule has 0 saturated carbocycles. The van der Waals surface area contributed by atoms with Gasteiger partial charge >= 0.3 is 0 Å². The van der Waals surface area contributed by atoms with Crippen molar-refractivity contribution in [2.45, 2.75) is 18.0 Å². The Morgan fingerprint density at radius 2 is 1.71 bits per heavy atom. The molecule has 0 bridgehead atoms. The van der Waals surface area contributed by atoms with E-state index in [0.717, 1.165) is 5.56 Å². The summed E-state index contributed by atoms with van der Waals surface area (Å²) in [6.45, 7) is 1.61. The van der Waals surface area contributed by atoms with Gasteiger partial charge in [0.05, 0.1) is 16.8 Å². The van der Waals surface area contributed by atoms with E-state index in [4.69, 9.17) is 11.5 Å². The number of rotatable bonds is 3. The van der Waals surface area contributed by atoms with Gasteiger partial charge in [-0.2, -0.15) is 0 Å². The van der Waals surface area contributed by atoms with Gasteiger partial charge in [-0.1, -0.05) is 19.1 Å². The van der Waals surface area contributed by atoms with Crippen molar-refractivity contribution in [2.24, 2.45) is 11.5 Å². The smallest absolute Gasteiger partial charge is 0.178 e. The van der Waals surface area contributed by atoms with Crippen LogP contribution in [0.1, 0.15) is 18.7 Å². The number of nitrogens with two attached hydrogens (primary N) is 2. The van der Waals surface area contributed by atoms with E-state index in [1.54, 1.807) is 19.1 Å². The Labute approximate surface area is 83.8 Å². The van der Waals surface area contributed by atoms with Crippen molar-refractivity contribution in [3.8, 4) is 0 Å². The van der Waals surface area contributed by atoms with Crippen LogP contribution in [-0.2, 0) is 9.84 Å². The highest BCUT2D eigenvalue weighted by Crippen LogP contribution is 2.13. The van der Waals surface area contributed by atoms with Crippen LogP contribution >= 0.6 is 0 Å². The topological polar surface area (TPSA) is 86.2 Å². The molecule has 0 spiro atoms. The lowest BCUT2D eigenvalue weighted by molar-refractivity contribution is 0.597. The minimum atomic E-state index is -3.12. The van der Waals surface area contributed by atoms with E-state index >= 15 is 0 Å². The Balaban J connectivity index is 3.06. The van der Waals surface area contributed by atoms with Gasteiger partial charge in [-0.15, -0.1) is 0 Å². The van der Waals surface area contributed by atoms with E-state index in [1.807, 2.05) is 0 Å². The average molecular weight is 214 g/mol. The lowest BCUT2D eigenvalue weighted by Crippen LogP contribution is -2.19. The van der Waals surface area contributed by atoms with Crippen LogP contribution in [0.25, 0.3) is 0 Å². The molecule has 0 aliphatic carbocycles. The molecule has 1 aromatic rings. The first-order valence-electron chi connectivity index (χ1n) is 4.31. The molecule has 0 radical (unpaired) electrons. The average Bonchev–Trinajstić information content (AvgIpc) is 2.18. The molecule has 14 heavy (non-hydrogen) atoms. The van der Waals surface area contributed by atoms with Gasteiger partial charge in [-0.3, -0.25) is 0 Å². The van der Waals surface area contributed by atoms with E-state index in [-0.39, 0.29) is 5.75 Å². The van der Waals surface area contributed by atoms with Crippen LogP contribution in [0.5, 0.6) is 0 Å². The van der Waals surface area contributed by atoms with Crippen LogP contribution < -0.4 is 11.5 Å². The molecule has 0 heterocycles. The maximum absolute atomic E-state index is 11.4. The van der Waals surface area contributed by atoms with Crippen LogP contribution in [0.3, 0.4) is 0 Å². The highest BCUT2D eigenvalue weighted by Gasteiger charge is 2.11. The van der Waals surface area contributed by atoms with Crippen molar-refractivity contribution < 1.29 is 8.42 Å². The third-order valence-electron chi connectivity index (χ3n) is 2.00. The molecule has 78 valence electrons. The quantitative estimate of drug-likeness (QED) is 0.713. The summed E-state index contributed by atoms with van der Waals surface area (Å²) in [7, 11) is -3.12. The molecule has 4 N–H and O–H groups in total. The molecule has 0 aromatic heterocycles. The molecule has 1 aromatic carbocycles. The Kier molecular flexibility index (Phi) is 3.25. The van der Waals surface area contributed by atoms with Gasteiger partial charge in [0.2, 0.25) is 0 Å². The molecule has 0 saturated heterocycles. The fraction of sp³-hybridized carbons (Fsp3) is 0.333. The fourth-order valence-electron chi connectivity index (χ4n) is 1.06. The Hall–Kier alpha value is -0.910. The van der Waals surface area contributed by atoms with Gasteiger partial charge in [0.1, 0.15) is 0 Å². The second-order valence-corrected chi connectivity index (χ2v) is 5.28. The minimum absolute atomic E-state index is 0.0982. The predicted octanol–water partition coefficient (Wildman–Crippen LogP) is 0.396.